The van der Waals surface area contributed by atoms with Gasteiger partial charge in [-0.25, -0.2) is 18.3 Å². The Balaban J connectivity index is 0.868. The van der Waals surface area contributed by atoms with Gasteiger partial charge in [0.2, 0.25) is 0 Å². The minimum absolute atomic E-state index is 0.343. The molecule has 5 aromatic heterocycles. The molecular weight excluding hydrogens is 814 g/mol. The second kappa shape index (κ2) is 20.8. The molecule has 0 saturated carbocycles. The first kappa shape index (κ1) is 42.1. The molecule has 0 spiro atoms. The third-order valence-electron chi connectivity index (χ3n) is 9.57. The minimum atomic E-state index is -3.07. The monoisotopic (exact) mass is 862 g/mol. The molecule has 0 aliphatic carbocycles. The van der Waals surface area contributed by atoms with Crippen molar-refractivity contribution in [3.63, 3.8) is 0 Å². The van der Waals surface area contributed by atoms with Gasteiger partial charge < -0.3 is 9.05 Å². The number of aryl methyl sites for hydroxylation is 1. The van der Waals surface area contributed by atoms with E-state index in [2.05, 4.69) is 167 Å². The van der Waals surface area contributed by atoms with Crippen LogP contribution in [0.4, 0.5) is 0 Å². The summed E-state index contributed by atoms with van der Waals surface area (Å²) in [6, 6.07) is 34.4. The zero-order valence-corrected chi connectivity index (χ0v) is 37.0. The Bertz CT molecular complexity index is 2450. The SMILES string of the molecule is CCOP(=O)(CC[n+]1ccc(-c2cc[n+](Cc3ccc(C[n+]4ccc(-c5cc[n+](Cc6ccc(/C=N/N(C)[p+]7npnpn7)cc6)cc5)cc4)cc3)cc2)cc1)OCC. The molecule has 0 atom stereocenters. The van der Waals surface area contributed by atoms with Crippen LogP contribution in [-0.4, -0.2) is 46.2 Å². The highest BCUT2D eigenvalue weighted by Gasteiger charge is 2.25. The van der Waals surface area contributed by atoms with Crippen molar-refractivity contribution in [2.24, 2.45) is 5.10 Å². The Morgan fingerprint density at radius 3 is 1.37 bits per heavy atom. The zero-order chi connectivity index (χ0) is 40.9. The lowest BCUT2D eigenvalue weighted by Crippen LogP contribution is -2.34. The van der Waals surface area contributed by atoms with Crippen LogP contribution in [0, 0.1) is 0 Å². The molecule has 0 N–H and O–H groups in total. The number of nitrogens with zero attached hydrogens (tertiary/aromatic N) is 9. The molecule has 0 bridgehead atoms. The van der Waals surface area contributed by atoms with E-state index in [9.17, 15) is 4.57 Å². The fraction of sp³-hybridized carbons (Fsp3) is 0.233. The van der Waals surface area contributed by atoms with E-state index >= 15 is 0 Å². The van der Waals surface area contributed by atoms with Crippen molar-refractivity contribution in [1.29, 1.82) is 0 Å². The van der Waals surface area contributed by atoms with E-state index < -0.39 is 15.6 Å². The van der Waals surface area contributed by atoms with Crippen molar-refractivity contribution in [1.82, 2.24) is 13.5 Å². The predicted molar refractivity (Wildman–Crippen MR) is 234 cm³/mol. The average molecular weight is 863 g/mol. The Hall–Kier alpha value is -5.04. The molecule has 0 amide bonds. The Morgan fingerprint density at radius 1 is 0.610 bits per heavy atom. The van der Waals surface area contributed by atoms with Crippen molar-refractivity contribution < 1.29 is 31.9 Å². The molecule has 5 heterocycles. The maximum absolute atomic E-state index is 12.8. The molecule has 298 valence electrons. The van der Waals surface area contributed by atoms with E-state index in [1.165, 1.54) is 27.8 Å². The van der Waals surface area contributed by atoms with Crippen LogP contribution in [-0.2, 0) is 39.8 Å². The molecule has 59 heavy (non-hydrogen) atoms. The summed E-state index contributed by atoms with van der Waals surface area (Å²) >= 11 is 0. The number of hydrogen-bond acceptors (Lipinski definition) is 8. The molecule has 7 rings (SSSR count). The number of hydrazone groups is 1. The first-order chi connectivity index (χ1) is 28.8. The average Bonchev–Trinajstić information content (AvgIpc) is 3.27. The molecule has 0 radical (unpaired) electrons. The zero-order valence-electron chi connectivity index (χ0n) is 33.4. The molecule has 0 aliphatic heterocycles. The smallest absolute Gasteiger partial charge is 0.309 e. The fourth-order valence-corrected chi connectivity index (χ4v) is 11.2. The molecule has 16 heteroatoms. The van der Waals surface area contributed by atoms with E-state index in [4.69, 9.17) is 9.05 Å². The van der Waals surface area contributed by atoms with Gasteiger partial charge in [0, 0.05) is 65.2 Å². The molecule has 0 aliphatic rings. The van der Waals surface area contributed by atoms with Gasteiger partial charge in [-0.1, -0.05) is 48.5 Å². The van der Waals surface area contributed by atoms with Crippen LogP contribution in [0.25, 0.3) is 22.3 Å². The van der Waals surface area contributed by atoms with Crippen LogP contribution in [0.2, 0.25) is 0 Å². The van der Waals surface area contributed by atoms with Crippen molar-refractivity contribution in [2.45, 2.75) is 40.0 Å². The highest BCUT2D eigenvalue weighted by molar-refractivity contribution is 7.54. The van der Waals surface area contributed by atoms with Crippen LogP contribution in [0.15, 0.2) is 152 Å². The number of benzene rings is 2. The van der Waals surface area contributed by atoms with E-state index in [0.29, 0.717) is 25.9 Å². The van der Waals surface area contributed by atoms with Crippen molar-refractivity contribution in [2.75, 3.05) is 31.2 Å². The summed E-state index contributed by atoms with van der Waals surface area (Å²) in [4.78, 5) is 0. The largest absolute Gasteiger partial charge is 0.348 e. The van der Waals surface area contributed by atoms with Gasteiger partial charge in [0.05, 0.1) is 26.5 Å². The summed E-state index contributed by atoms with van der Waals surface area (Å²) in [6.45, 7) is 7.35. The third-order valence-corrected chi connectivity index (χ3v) is 14.8. The second-order valence-electron chi connectivity index (χ2n) is 13.8. The highest BCUT2D eigenvalue weighted by Crippen LogP contribution is 2.47. The Morgan fingerprint density at radius 2 is 0.983 bits per heavy atom. The standard InChI is InChI=1S/C43H48N9O3P4/c1-4-54-59(53,55-5-2)31-30-49-22-14-40(15-23-49)41-16-24-51(25-17-41)34-38-10-12-39(13-11-38)35-52-28-20-43(21-29-52)42-18-26-50(27-19-42)33-37-8-6-36(7-9-37)32-44-48(3)58-46-56-45-57-47-58/h6-29,32H,4-5,30-31,33-35H2,1-3H3/q+5/b44-32+. The minimum Gasteiger partial charge on any atom is -0.309 e. The van der Waals surface area contributed by atoms with Crippen LogP contribution in [0.5, 0.6) is 0 Å². The Kier molecular flexibility index (Phi) is 14.8. The molecule has 0 saturated heterocycles. The van der Waals surface area contributed by atoms with Gasteiger partial charge in [0.25, 0.3) is 0 Å². The van der Waals surface area contributed by atoms with Crippen LogP contribution in [0.1, 0.15) is 36.1 Å². The van der Waals surface area contributed by atoms with Gasteiger partial charge in [-0.15, -0.1) is 0 Å². The first-order valence-electron chi connectivity index (χ1n) is 19.5. The first-order valence-corrected chi connectivity index (χ1v) is 24.0. The maximum Gasteiger partial charge on any atom is 0.348 e. The number of pyridine rings is 4. The summed E-state index contributed by atoms with van der Waals surface area (Å²) < 4.78 is 46.9. The van der Waals surface area contributed by atoms with Gasteiger partial charge in [-0.05, 0) is 55.2 Å². The Labute approximate surface area is 350 Å². The summed E-state index contributed by atoms with van der Waals surface area (Å²) in [5, 5.41) is 4.52. The van der Waals surface area contributed by atoms with Crippen molar-refractivity contribution in [3.8, 4) is 22.3 Å². The van der Waals surface area contributed by atoms with Gasteiger partial charge in [-0.3, -0.25) is 4.57 Å². The predicted octanol–water partition coefficient (Wildman–Crippen LogP) is 7.80. The van der Waals surface area contributed by atoms with Gasteiger partial charge in [0.1, 0.15) is 6.16 Å². The normalized spacial score (nSPS) is 12.2. The summed E-state index contributed by atoms with van der Waals surface area (Å²) in [6.07, 6.45) is 19.0. The topological polar surface area (TPSA) is 105 Å². The second-order valence-corrected chi connectivity index (χ2v) is 19.6. The van der Waals surface area contributed by atoms with Crippen LogP contribution in [0.3, 0.4) is 0 Å². The molecule has 2 aromatic carbocycles. The molecule has 12 nitrogen and oxygen atoms in total. The van der Waals surface area contributed by atoms with E-state index in [1.807, 2.05) is 48.8 Å². The van der Waals surface area contributed by atoms with Gasteiger partial charge >= 0.3 is 32.6 Å². The molecule has 7 aromatic rings. The molecular formula is C43H48N9O3P4+5. The quantitative estimate of drug-likeness (QED) is 0.0376. The van der Waals surface area contributed by atoms with Crippen molar-refractivity contribution >= 4 is 38.8 Å². The number of aromatic nitrogens is 7. The van der Waals surface area contributed by atoms with E-state index in [0.717, 1.165) is 53.3 Å². The molecule has 0 unspecified atom stereocenters. The lowest BCUT2D eigenvalue weighted by Gasteiger charge is -2.15. The summed E-state index contributed by atoms with van der Waals surface area (Å²) in [5.41, 5.74) is 9.39. The maximum atomic E-state index is 12.8. The van der Waals surface area contributed by atoms with Crippen molar-refractivity contribution in [3.05, 3.63) is 169 Å². The molecule has 0 fully saturated rings. The van der Waals surface area contributed by atoms with E-state index in [-0.39, 0.29) is 0 Å². The lowest BCUT2D eigenvalue weighted by molar-refractivity contribution is -0.692. The van der Waals surface area contributed by atoms with Gasteiger partial charge in [0.15, 0.2) is 75.8 Å². The number of rotatable bonds is 18. The summed E-state index contributed by atoms with van der Waals surface area (Å²) in [7, 11) is -0.672. The fourth-order valence-electron chi connectivity index (χ4n) is 6.41. The van der Waals surface area contributed by atoms with Gasteiger partial charge in [-0.2, -0.15) is 9.88 Å². The highest BCUT2D eigenvalue weighted by atomic mass is 31.2. The van der Waals surface area contributed by atoms with Crippen LogP contribution >= 0.6 is 32.6 Å². The number of hydrogen-bond donors (Lipinski definition) is 0. The lowest BCUT2D eigenvalue weighted by atomic mass is 10.1. The third kappa shape index (κ3) is 12.2. The van der Waals surface area contributed by atoms with Crippen LogP contribution < -0.4 is 23.0 Å². The summed E-state index contributed by atoms with van der Waals surface area (Å²) in [5.74, 6) is 0. The van der Waals surface area contributed by atoms with E-state index in [1.54, 1.807) is 0 Å².